The maximum Gasteiger partial charge on any atom is 0.416 e. The summed E-state index contributed by atoms with van der Waals surface area (Å²) in [6.07, 6.45) is -3.78. The number of hydrogen-bond donors (Lipinski definition) is 1. The summed E-state index contributed by atoms with van der Waals surface area (Å²) in [5.74, 6) is -0.839. The van der Waals surface area contributed by atoms with Gasteiger partial charge in [0.2, 0.25) is 11.8 Å². The second kappa shape index (κ2) is 7.06. The van der Waals surface area contributed by atoms with E-state index < -0.39 is 17.8 Å². The maximum atomic E-state index is 12.6. The lowest BCUT2D eigenvalue weighted by atomic mass is 10.0. The minimum atomic E-state index is -4.37. The van der Waals surface area contributed by atoms with Crippen LogP contribution in [0.3, 0.4) is 0 Å². The van der Waals surface area contributed by atoms with Crippen LogP contribution in [-0.4, -0.2) is 36.9 Å². The molecule has 3 atom stereocenters. The van der Waals surface area contributed by atoms with Crippen LogP contribution in [0.15, 0.2) is 24.3 Å². The van der Waals surface area contributed by atoms with Crippen molar-refractivity contribution < 1.29 is 22.8 Å². The lowest BCUT2D eigenvalue weighted by molar-refractivity contribution is -0.137. The molecule has 0 heterocycles. The van der Waals surface area contributed by atoms with E-state index in [1.54, 1.807) is 14.1 Å². The molecule has 0 radical (unpaired) electrons. The molecule has 0 unspecified atom stereocenters. The summed E-state index contributed by atoms with van der Waals surface area (Å²) < 4.78 is 37.8. The largest absolute Gasteiger partial charge is 0.416 e. The zero-order valence-corrected chi connectivity index (χ0v) is 14.7. The molecular formula is C18H23F3N2O2. The number of benzene rings is 1. The number of likely N-dealkylation sites (N-methyl/N-ethyl adjacent to an activating group) is 1. The van der Waals surface area contributed by atoms with Crippen molar-refractivity contribution in [2.75, 3.05) is 14.1 Å². The van der Waals surface area contributed by atoms with E-state index >= 15 is 0 Å². The van der Waals surface area contributed by atoms with Crippen LogP contribution in [0.2, 0.25) is 0 Å². The Bertz CT molecular complexity index is 639. The van der Waals surface area contributed by atoms with Gasteiger partial charge < -0.3 is 10.2 Å². The van der Waals surface area contributed by atoms with E-state index in [2.05, 4.69) is 5.32 Å². The summed E-state index contributed by atoms with van der Waals surface area (Å²) in [7, 11) is 3.26. The van der Waals surface area contributed by atoms with Crippen LogP contribution in [0, 0.1) is 11.8 Å². The molecule has 0 saturated heterocycles. The zero-order chi connectivity index (χ0) is 18.9. The standard InChI is InChI=1S/C18H23F3N2O2/c1-10(2)15(17(25)23(3)4)22-16(24)14-9-13(14)11-5-7-12(8-6-11)18(19,20)21/h5-8,10,13-15H,9H2,1-4H3,(H,22,24)/t13-,14-,15-/m0/s1. The summed E-state index contributed by atoms with van der Waals surface area (Å²) in [6.45, 7) is 3.71. The van der Waals surface area contributed by atoms with Gasteiger partial charge >= 0.3 is 6.18 Å². The van der Waals surface area contributed by atoms with Gasteiger partial charge in [0.15, 0.2) is 0 Å². The van der Waals surface area contributed by atoms with E-state index in [-0.39, 0.29) is 29.6 Å². The second-order valence-electron chi connectivity index (χ2n) is 7.03. The van der Waals surface area contributed by atoms with Gasteiger partial charge in [-0.2, -0.15) is 13.2 Å². The quantitative estimate of drug-likeness (QED) is 0.882. The molecule has 0 aromatic heterocycles. The second-order valence-corrected chi connectivity index (χ2v) is 7.03. The highest BCUT2D eigenvalue weighted by molar-refractivity contribution is 5.90. The van der Waals surface area contributed by atoms with E-state index in [1.807, 2.05) is 13.8 Å². The Morgan fingerprint density at radius 1 is 1.16 bits per heavy atom. The number of nitrogens with zero attached hydrogens (tertiary/aromatic N) is 1. The lowest BCUT2D eigenvalue weighted by Crippen LogP contribution is -2.49. The first kappa shape index (κ1) is 19.3. The van der Waals surface area contributed by atoms with Gasteiger partial charge in [0, 0.05) is 20.0 Å². The third-order valence-corrected chi connectivity index (χ3v) is 4.46. The molecule has 0 aliphatic heterocycles. The Hall–Kier alpha value is -2.05. The van der Waals surface area contributed by atoms with Crippen LogP contribution in [-0.2, 0) is 15.8 Å². The lowest BCUT2D eigenvalue weighted by Gasteiger charge is -2.24. The minimum Gasteiger partial charge on any atom is -0.347 e. The fourth-order valence-corrected chi connectivity index (χ4v) is 2.82. The van der Waals surface area contributed by atoms with Gasteiger partial charge in [-0.05, 0) is 36.0 Å². The van der Waals surface area contributed by atoms with Gasteiger partial charge in [0.1, 0.15) is 6.04 Å². The van der Waals surface area contributed by atoms with Gasteiger partial charge in [0.05, 0.1) is 5.56 Å². The first-order chi connectivity index (χ1) is 11.5. The predicted octanol–water partition coefficient (Wildman–Crippen LogP) is 3.04. The number of carbonyl (C=O) groups is 2. The SMILES string of the molecule is CC(C)[C@H](NC(=O)[C@H]1C[C@H]1c1ccc(C(F)(F)F)cc1)C(=O)N(C)C. The van der Waals surface area contributed by atoms with Crippen LogP contribution in [0.5, 0.6) is 0 Å². The Balaban J connectivity index is 2.00. The highest BCUT2D eigenvalue weighted by Gasteiger charge is 2.45. The van der Waals surface area contributed by atoms with Gasteiger partial charge in [-0.25, -0.2) is 0 Å². The third kappa shape index (κ3) is 4.52. The van der Waals surface area contributed by atoms with Gasteiger partial charge in [0.25, 0.3) is 0 Å². The number of amides is 2. The molecule has 1 aliphatic rings. The topological polar surface area (TPSA) is 49.4 Å². The van der Waals surface area contributed by atoms with Crippen LogP contribution in [0.1, 0.15) is 37.3 Å². The third-order valence-electron chi connectivity index (χ3n) is 4.46. The van der Waals surface area contributed by atoms with Gasteiger partial charge in [-0.15, -0.1) is 0 Å². The van der Waals surface area contributed by atoms with Crippen molar-refractivity contribution in [2.45, 2.75) is 38.4 Å². The van der Waals surface area contributed by atoms with E-state index in [1.165, 1.54) is 17.0 Å². The van der Waals surface area contributed by atoms with Gasteiger partial charge in [-0.1, -0.05) is 26.0 Å². The first-order valence-corrected chi connectivity index (χ1v) is 8.21. The highest BCUT2D eigenvalue weighted by Crippen LogP contribution is 2.48. The van der Waals surface area contributed by atoms with Crippen LogP contribution < -0.4 is 5.32 Å². The average Bonchev–Trinajstić information content (AvgIpc) is 3.31. The van der Waals surface area contributed by atoms with Crippen LogP contribution in [0.25, 0.3) is 0 Å². The molecule has 4 nitrogen and oxygen atoms in total. The van der Waals surface area contributed by atoms with Crippen LogP contribution in [0.4, 0.5) is 13.2 Å². The average molecular weight is 356 g/mol. The molecule has 138 valence electrons. The zero-order valence-electron chi connectivity index (χ0n) is 14.7. The Morgan fingerprint density at radius 2 is 1.72 bits per heavy atom. The highest BCUT2D eigenvalue weighted by atomic mass is 19.4. The van der Waals surface area contributed by atoms with Crippen molar-refractivity contribution in [1.82, 2.24) is 10.2 Å². The number of nitrogens with one attached hydrogen (secondary N) is 1. The molecular weight excluding hydrogens is 333 g/mol. The molecule has 1 aromatic rings. The molecule has 0 bridgehead atoms. The summed E-state index contributed by atoms with van der Waals surface area (Å²) in [6, 6.07) is 4.32. The molecule has 7 heteroatoms. The van der Waals surface area contributed by atoms with Gasteiger partial charge in [-0.3, -0.25) is 9.59 Å². The monoisotopic (exact) mass is 356 g/mol. The molecule has 1 aromatic carbocycles. The fraction of sp³-hybridized carbons (Fsp3) is 0.556. The number of alkyl halides is 3. The predicted molar refractivity (Wildman–Crippen MR) is 87.8 cm³/mol. The number of hydrogen-bond acceptors (Lipinski definition) is 2. The normalized spacial score (nSPS) is 21.0. The van der Waals surface area contributed by atoms with Crippen LogP contribution >= 0.6 is 0 Å². The van der Waals surface area contributed by atoms with Crippen molar-refractivity contribution in [3.63, 3.8) is 0 Å². The molecule has 0 spiro atoms. The van der Waals surface area contributed by atoms with Crippen molar-refractivity contribution >= 4 is 11.8 Å². The maximum absolute atomic E-state index is 12.6. The summed E-state index contributed by atoms with van der Waals surface area (Å²) in [5.41, 5.74) is 0.0162. The van der Waals surface area contributed by atoms with Crippen molar-refractivity contribution in [2.24, 2.45) is 11.8 Å². The Kier molecular flexibility index (Phi) is 5.44. The molecule has 1 saturated carbocycles. The number of halogens is 3. The summed E-state index contributed by atoms with van der Waals surface area (Å²) in [4.78, 5) is 26.0. The van der Waals surface area contributed by atoms with Crippen molar-refractivity contribution in [3.05, 3.63) is 35.4 Å². The number of rotatable bonds is 5. The molecule has 1 fully saturated rings. The fourth-order valence-electron chi connectivity index (χ4n) is 2.82. The molecule has 25 heavy (non-hydrogen) atoms. The molecule has 2 rings (SSSR count). The summed E-state index contributed by atoms with van der Waals surface area (Å²) >= 11 is 0. The molecule has 2 amide bonds. The van der Waals surface area contributed by atoms with Crippen molar-refractivity contribution in [1.29, 1.82) is 0 Å². The Morgan fingerprint density at radius 3 is 2.16 bits per heavy atom. The van der Waals surface area contributed by atoms with Crippen molar-refractivity contribution in [3.8, 4) is 0 Å². The van der Waals surface area contributed by atoms with E-state index in [4.69, 9.17) is 0 Å². The van der Waals surface area contributed by atoms with E-state index in [0.29, 0.717) is 12.0 Å². The smallest absolute Gasteiger partial charge is 0.347 e. The van der Waals surface area contributed by atoms with E-state index in [9.17, 15) is 22.8 Å². The Labute approximate surface area is 145 Å². The molecule has 1 N–H and O–H groups in total. The molecule has 1 aliphatic carbocycles. The van der Waals surface area contributed by atoms with E-state index in [0.717, 1.165) is 12.1 Å². The first-order valence-electron chi connectivity index (χ1n) is 8.21. The summed E-state index contributed by atoms with van der Waals surface area (Å²) in [5, 5.41) is 2.78. The minimum absolute atomic E-state index is 0.0536. The number of carbonyl (C=O) groups excluding carboxylic acids is 2.